The lowest BCUT2D eigenvalue weighted by atomic mass is 10.1. The van der Waals surface area contributed by atoms with Gasteiger partial charge in [-0.15, -0.1) is 0 Å². The zero-order valence-electron chi connectivity index (χ0n) is 12.3. The van der Waals surface area contributed by atoms with Gasteiger partial charge in [0.2, 0.25) is 0 Å². The Morgan fingerprint density at radius 2 is 1.86 bits per heavy atom. The summed E-state index contributed by atoms with van der Waals surface area (Å²) >= 11 is 0. The number of guanidine groups is 1. The molecule has 0 aromatic heterocycles. The summed E-state index contributed by atoms with van der Waals surface area (Å²) in [5.74, 6) is 1.02. The van der Waals surface area contributed by atoms with E-state index in [2.05, 4.69) is 53.6 Å². The first-order chi connectivity index (χ1) is 10.3. The van der Waals surface area contributed by atoms with Gasteiger partial charge in [-0.3, -0.25) is 0 Å². The van der Waals surface area contributed by atoms with Gasteiger partial charge < -0.3 is 11.1 Å². The molecule has 0 radical (unpaired) electrons. The van der Waals surface area contributed by atoms with E-state index in [0.29, 0.717) is 17.9 Å². The minimum atomic E-state index is 0.315. The lowest BCUT2D eigenvalue weighted by Crippen LogP contribution is -2.23. The van der Waals surface area contributed by atoms with Gasteiger partial charge in [0, 0.05) is 11.6 Å². The van der Waals surface area contributed by atoms with Crippen molar-refractivity contribution in [1.29, 1.82) is 0 Å². The van der Waals surface area contributed by atoms with E-state index in [-0.39, 0.29) is 0 Å². The number of aliphatic imine (C=N–C) groups is 1. The Hall–Kier alpha value is -2.29. The predicted molar refractivity (Wildman–Crippen MR) is 88.7 cm³/mol. The molecule has 2 atom stereocenters. The first-order valence-corrected chi connectivity index (χ1v) is 7.50. The molecule has 21 heavy (non-hydrogen) atoms. The van der Waals surface area contributed by atoms with Gasteiger partial charge in [0.25, 0.3) is 0 Å². The SMILES string of the molecule is CCc1ccc(NC(N)=NC2CC2c2ccccc2)cc1. The van der Waals surface area contributed by atoms with Crippen LogP contribution >= 0.6 is 0 Å². The molecule has 2 aromatic carbocycles. The van der Waals surface area contributed by atoms with Crippen LogP contribution in [0.15, 0.2) is 59.6 Å². The second-order valence-electron chi connectivity index (χ2n) is 5.51. The molecular weight excluding hydrogens is 258 g/mol. The normalized spacial score (nSPS) is 21.1. The third-order valence-electron chi connectivity index (χ3n) is 3.92. The zero-order chi connectivity index (χ0) is 14.7. The first-order valence-electron chi connectivity index (χ1n) is 7.50. The van der Waals surface area contributed by atoms with Crippen molar-refractivity contribution in [2.24, 2.45) is 10.7 Å². The third-order valence-corrected chi connectivity index (χ3v) is 3.92. The van der Waals surface area contributed by atoms with Gasteiger partial charge in [-0.05, 0) is 36.1 Å². The molecule has 3 N–H and O–H groups in total. The molecular formula is C18H21N3. The number of nitrogens with one attached hydrogen (secondary N) is 1. The van der Waals surface area contributed by atoms with E-state index in [1.165, 1.54) is 11.1 Å². The Kier molecular flexibility index (Phi) is 3.91. The van der Waals surface area contributed by atoms with Crippen LogP contribution in [0.2, 0.25) is 0 Å². The quantitative estimate of drug-likeness (QED) is 0.664. The molecule has 3 rings (SSSR count). The number of hydrogen-bond donors (Lipinski definition) is 2. The second kappa shape index (κ2) is 6.00. The monoisotopic (exact) mass is 279 g/mol. The van der Waals surface area contributed by atoms with Gasteiger partial charge in [-0.1, -0.05) is 49.4 Å². The molecule has 3 nitrogen and oxygen atoms in total. The van der Waals surface area contributed by atoms with Gasteiger partial charge in [0.1, 0.15) is 0 Å². The molecule has 1 aliphatic carbocycles. The Balaban J connectivity index is 1.59. The Bertz CT molecular complexity index is 617. The van der Waals surface area contributed by atoms with Crippen molar-refractivity contribution >= 4 is 11.6 Å². The molecule has 0 aliphatic heterocycles. The number of rotatable bonds is 4. The van der Waals surface area contributed by atoms with Gasteiger partial charge in [-0.25, -0.2) is 4.99 Å². The number of aryl methyl sites for hydroxylation is 1. The average molecular weight is 279 g/mol. The fourth-order valence-corrected chi connectivity index (χ4v) is 2.57. The van der Waals surface area contributed by atoms with E-state index in [4.69, 9.17) is 5.73 Å². The maximum absolute atomic E-state index is 6.00. The summed E-state index contributed by atoms with van der Waals surface area (Å²) < 4.78 is 0. The molecule has 2 aromatic rings. The minimum Gasteiger partial charge on any atom is -0.370 e. The van der Waals surface area contributed by atoms with Crippen LogP contribution in [-0.2, 0) is 6.42 Å². The summed E-state index contributed by atoms with van der Waals surface area (Å²) in [6, 6.07) is 19.1. The van der Waals surface area contributed by atoms with Crippen LogP contribution in [0.4, 0.5) is 5.69 Å². The number of anilines is 1. The van der Waals surface area contributed by atoms with E-state index in [1.807, 2.05) is 18.2 Å². The number of nitrogens with zero attached hydrogens (tertiary/aromatic N) is 1. The highest BCUT2D eigenvalue weighted by molar-refractivity contribution is 5.92. The van der Waals surface area contributed by atoms with Crippen LogP contribution in [-0.4, -0.2) is 12.0 Å². The second-order valence-corrected chi connectivity index (χ2v) is 5.51. The Morgan fingerprint density at radius 3 is 2.52 bits per heavy atom. The standard InChI is InChI=1S/C18H21N3/c1-2-13-8-10-15(11-9-13)20-18(19)21-17-12-16(17)14-6-4-3-5-7-14/h3-11,16-17H,2,12H2,1H3,(H3,19,20,21). The molecule has 2 unspecified atom stereocenters. The first kappa shape index (κ1) is 13.7. The maximum atomic E-state index is 6.00. The van der Waals surface area contributed by atoms with E-state index < -0.39 is 0 Å². The highest BCUT2D eigenvalue weighted by atomic mass is 15.1. The molecule has 0 amide bonds. The summed E-state index contributed by atoms with van der Waals surface area (Å²) in [5, 5.41) is 3.16. The molecule has 0 saturated heterocycles. The molecule has 0 spiro atoms. The van der Waals surface area contributed by atoms with E-state index >= 15 is 0 Å². The number of benzene rings is 2. The van der Waals surface area contributed by atoms with Crippen LogP contribution in [0.3, 0.4) is 0 Å². The van der Waals surface area contributed by atoms with Crippen molar-refractivity contribution in [1.82, 2.24) is 0 Å². The molecule has 1 saturated carbocycles. The van der Waals surface area contributed by atoms with Gasteiger partial charge >= 0.3 is 0 Å². The maximum Gasteiger partial charge on any atom is 0.193 e. The summed E-state index contributed by atoms with van der Waals surface area (Å²) in [4.78, 5) is 4.57. The molecule has 0 bridgehead atoms. The van der Waals surface area contributed by atoms with Gasteiger partial charge in [0.15, 0.2) is 5.96 Å². The summed E-state index contributed by atoms with van der Waals surface area (Å²) in [6.45, 7) is 2.15. The molecule has 108 valence electrons. The predicted octanol–water partition coefficient (Wildman–Crippen LogP) is 3.53. The highest BCUT2D eigenvalue weighted by Crippen LogP contribution is 2.43. The van der Waals surface area contributed by atoms with Crippen LogP contribution in [0.25, 0.3) is 0 Å². The fourth-order valence-electron chi connectivity index (χ4n) is 2.57. The average Bonchev–Trinajstić information content (AvgIpc) is 3.28. The van der Waals surface area contributed by atoms with Crippen molar-refractivity contribution < 1.29 is 0 Å². The summed E-state index contributed by atoms with van der Waals surface area (Å²) in [6.07, 6.45) is 2.13. The molecule has 3 heteroatoms. The van der Waals surface area contributed by atoms with Crippen LogP contribution < -0.4 is 11.1 Å². The largest absolute Gasteiger partial charge is 0.370 e. The molecule has 1 fully saturated rings. The van der Waals surface area contributed by atoms with E-state index in [9.17, 15) is 0 Å². The molecule has 1 aliphatic rings. The van der Waals surface area contributed by atoms with Crippen molar-refractivity contribution in [3.8, 4) is 0 Å². The van der Waals surface area contributed by atoms with Gasteiger partial charge in [-0.2, -0.15) is 0 Å². The summed E-state index contributed by atoms with van der Waals surface area (Å²) in [7, 11) is 0. The summed E-state index contributed by atoms with van der Waals surface area (Å²) in [5.41, 5.74) is 9.66. The molecule has 0 heterocycles. The van der Waals surface area contributed by atoms with Crippen molar-refractivity contribution in [3.63, 3.8) is 0 Å². The van der Waals surface area contributed by atoms with E-state index in [0.717, 1.165) is 18.5 Å². The van der Waals surface area contributed by atoms with Crippen molar-refractivity contribution in [2.45, 2.75) is 31.7 Å². The Labute approximate surface area is 125 Å². The van der Waals surface area contributed by atoms with Crippen LogP contribution in [0.1, 0.15) is 30.4 Å². The van der Waals surface area contributed by atoms with Crippen LogP contribution in [0.5, 0.6) is 0 Å². The lowest BCUT2D eigenvalue weighted by Gasteiger charge is -2.06. The highest BCUT2D eigenvalue weighted by Gasteiger charge is 2.38. The minimum absolute atomic E-state index is 0.315. The Morgan fingerprint density at radius 1 is 1.14 bits per heavy atom. The lowest BCUT2D eigenvalue weighted by molar-refractivity contribution is 0.985. The fraction of sp³-hybridized carbons (Fsp3) is 0.278. The smallest absolute Gasteiger partial charge is 0.193 e. The zero-order valence-corrected chi connectivity index (χ0v) is 12.3. The van der Waals surface area contributed by atoms with Crippen molar-refractivity contribution in [2.75, 3.05) is 5.32 Å². The van der Waals surface area contributed by atoms with Gasteiger partial charge in [0.05, 0.1) is 6.04 Å². The van der Waals surface area contributed by atoms with E-state index in [1.54, 1.807) is 0 Å². The third kappa shape index (κ3) is 3.43. The van der Waals surface area contributed by atoms with Crippen molar-refractivity contribution in [3.05, 3.63) is 65.7 Å². The number of hydrogen-bond acceptors (Lipinski definition) is 1. The van der Waals surface area contributed by atoms with Crippen LogP contribution in [0, 0.1) is 0 Å². The number of nitrogens with two attached hydrogens (primary N) is 1. The topological polar surface area (TPSA) is 50.4 Å².